The maximum Gasteiger partial charge on any atom is 0.264 e. The van der Waals surface area contributed by atoms with E-state index in [4.69, 9.17) is 4.55 Å². The van der Waals surface area contributed by atoms with Crippen LogP contribution in [0.2, 0.25) is 0 Å². The van der Waals surface area contributed by atoms with Crippen molar-refractivity contribution in [3.8, 4) is 0 Å². The Morgan fingerprint density at radius 1 is 1.36 bits per heavy atom. The van der Waals surface area contributed by atoms with Crippen LogP contribution in [0.5, 0.6) is 0 Å². The Labute approximate surface area is 66.0 Å². The third-order valence-corrected chi connectivity index (χ3v) is 1.72. The molecule has 0 aliphatic carbocycles. The molecule has 0 unspecified atom stereocenters. The summed E-state index contributed by atoms with van der Waals surface area (Å²) < 4.78 is 27.6. The van der Waals surface area contributed by atoms with E-state index in [2.05, 4.69) is 9.78 Å². The average Bonchev–Trinajstić information content (AvgIpc) is 1.54. The van der Waals surface area contributed by atoms with Crippen LogP contribution in [0.25, 0.3) is 0 Å². The van der Waals surface area contributed by atoms with Gasteiger partial charge in [0.2, 0.25) is 0 Å². The molecule has 5 nitrogen and oxygen atoms in total. The van der Waals surface area contributed by atoms with Gasteiger partial charge >= 0.3 is 0 Å². The molecule has 0 aromatic rings. The molecule has 1 heterocycles. The van der Waals surface area contributed by atoms with Gasteiger partial charge in [-0.2, -0.15) is 8.42 Å². The first-order chi connectivity index (χ1) is 5.06. The summed E-state index contributed by atoms with van der Waals surface area (Å²) in [6, 6.07) is 0. The minimum Gasteiger partial charge on any atom is -0.286 e. The molecule has 11 heavy (non-hydrogen) atoms. The molecule has 1 N–H and O–H groups in total. The van der Waals surface area contributed by atoms with E-state index in [1.165, 1.54) is 0 Å². The molecule has 1 fully saturated rings. The summed E-state index contributed by atoms with van der Waals surface area (Å²) in [6.45, 7) is 3.24. The highest BCUT2D eigenvalue weighted by Crippen LogP contribution is 1.87. The van der Waals surface area contributed by atoms with Gasteiger partial charge in [0, 0.05) is 0 Å². The maximum atomic E-state index is 9.79. The molecule has 0 atom stereocenters. The lowest BCUT2D eigenvalue weighted by molar-refractivity contribution is -0.382. The Balaban J connectivity index is 0.000000207. The summed E-state index contributed by atoms with van der Waals surface area (Å²) in [5.41, 5.74) is 0. The third-order valence-electron chi connectivity index (χ3n) is 0.795. The first kappa shape index (κ1) is 10.8. The van der Waals surface area contributed by atoms with Gasteiger partial charge in [0.1, 0.15) is 13.2 Å². The number of rotatable bonds is 2. The van der Waals surface area contributed by atoms with Crippen molar-refractivity contribution < 1.29 is 22.7 Å². The Morgan fingerprint density at radius 3 is 1.73 bits per heavy atom. The third kappa shape index (κ3) is 9.83. The lowest BCUT2D eigenvalue weighted by Crippen LogP contribution is -2.14. The lowest BCUT2D eigenvalue weighted by atomic mass is 10.6. The van der Waals surface area contributed by atoms with Crippen LogP contribution in [-0.4, -0.2) is 31.9 Å². The molecule has 1 rings (SSSR count). The predicted octanol–water partition coefficient (Wildman–Crippen LogP) is 0.232. The summed E-state index contributed by atoms with van der Waals surface area (Å²) in [7, 11) is -3.67. The Bertz CT molecular complexity index is 165. The molecule has 68 valence electrons. The van der Waals surface area contributed by atoms with Crippen LogP contribution in [0.1, 0.15) is 13.3 Å². The van der Waals surface area contributed by atoms with Gasteiger partial charge in [-0.05, 0) is 6.42 Å². The quantitative estimate of drug-likeness (QED) is 0.491. The van der Waals surface area contributed by atoms with E-state index in [1.54, 1.807) is 6.92 Å². The van der Waals surface area contributed by atoms with Gasteiger partial charge in [0.05, 0.1) is 5.75 Å². The minimum atomic E-state index is -3.67. The molecule has 1 aliphatic heterocycles. The van der Waals surface area contributed by atoms with Crippen LogP contribution in [0, 0.1) is 0 Å². The van der Waals surface area contributed by atoms with Gasteiger partial charge in [-0.15, -0.1) is 0 Å². The number of hydrogen-bond donors (Lipinski definition) is 1. The highest BCUT2D eigenvalue weighted by Gasteiger charge is 1.98. The van der Waals surface area contributed by atoms with Crippen LogP contribution in [-0.2, 0) is 19.9 Å². The van der Waals surface area contributed by atoms with Crippen LogP contribution >= 0.6 is 0 Å². The van der Waals surface area contributed by atoms with Crippen LogP contribution in [0.15, 0.2) is 0 Å². The van der Waals surface area contributed by atoms with Gasteiger partial charge in [-0.25, -0.2) is 9.78 Å². The van der Waals surface area contributed by atoms with Gasteiger partial charge in [0.25, 0.3) is 10.1 Å². The summed E-state index contributed by atoms with van der Waals surface area (Å²) in [5.74, 6) is -0.132. The zero-order valence-electron chi connectivity index (χ0n) is 6.32. The zero-order valence-corrected chi connectivity index (χ0v) is 7.13. The van der Waals surface area contributed by atoms with Crippen molar-refractivity contribution >= 4 is 10.1 Å². The molecular formula is C5H12O5S. The SMILES string of the molecule is C1COO1.CCCS(=O)(=O)O. The molecule has 1 saturated heterocycles. The van der Waals surface area contributed by atoms with Crippen molar-refractivity contribution in [1.82, 2.24) is 0 Å². The van der Waals surface area contributed by atoms with Crippen molar-refractivity contribution in [3.05, 3.63) is 0 Å². The largest absolute Gasteiger partial charge is 0.286 e. The van der Waals surface area contributed by atoms with Crippen molar-refractivity contribution in [1.29, 1.82) is 0 Å². The Kier molecular flexibility index (Phi) is 5.39. The fraction of sp³-hybridized carbons (Fsp3) is 1.00. The minimum absolute atomic E-state index is 0.132. The molecule has 0 spiro atoms. The molecule has 1 aliphatic rings. The van der Waals surface area contributed by atoms with Crippen molar-refractivity contribution in [3.63, 3.8) is 0 Å². The van der Waals surface area contributed by atoms with E-state index in [0.29, 0.717) is 6.42 Å². The van der Waals surface area contributed by atoms with Crippen LogP contribution < -0.4 is 0 Å². The first-order valence-corrected chi connectivity index (χ1v) is 4.86. The standard InChI is InChI=1S/C3H8O3S.C2H4O2/c1-2-3-7(4,5)6;1-2-4-3-1/h2-3H2,1H3,(H,4,5,6);1-2H2. The zero-order chi connectivity index (χ0) is 8.74. The van der Waals surface area contributed by atoms with E-state index < -0.39 is 10.1 Å². The molecule has 0 amide bonds. The van der Waals surface area contributed by atoms with E-state index in [9.17, 15) is 8.42 Å². The molecule has 0 saturated carbocycles. The summed E-state index contributed by atoms with van der Waals surface area (Å²) in [5, 5.41) is 0. The fourth-order valence-electron chi connectivity index (χ4n) is 0.341. The monoisotopic (exact) mass is 184 g/mol. The van der Waals surface area contributed by atoms with Crippen LogP contribution in [0.4, 0.5) is 0 Å². The molecular weight excluding hydrogens is 172 g/mol. The summed E-state index contributed by atoms with van der Waals surface area (Å²) >= 11 is 0. The second-order valence-electron chi connectivity index (χ2n) is 1.93. The Morgan fingerprint density at radius 2 is 1.73 bits per heavy atom. The first-order valence-electron chi connectivity index (χ1n) is 3.26. The Hall–Kier alpha value is -0.170. The number of hydrogen-bond acceptors (Lipinski definition) is 4. The smallest absolute Gasteiger partial charge is 0.264 e. The van der Waals surface area contributed by atoms with Gasteiger partial charge in [0.15, 0.2) is 0 Å². The molecule has 0 aromatic carbocycles. The maximum absolute atomic E-state index is 9.79. The van der Waals surface area contributed by atoms with Gasteiger partial charge < -0.3 is 0 Å². The van der Waals surface area contributed by atoms with Crippen molar-refractivity contribution in [2.24, 2.45) is 0 Å². The normalized spacial score (nSPS) is 16.2. The highest BCUT2D eigenvalue weighted by atomic mass is 32.2. The van der Waals surface area contributed by atoms with E-state index in [1.807, 2.05) is 0 Å². The van der Waals surface area contributed by atoms with E-state index in [-0.39, 0.29) is 5.75 Å². The summed E-state index contributed by atoms with van der Waals surface area (Å²) in [6.07, 6.45) is 0.471. The topological polar surface area (TPSA) is 72.8 Å². The fourth-order valence-corrected chi connectivity index (χ4v) is 0.857. The van der Waals surface area contributed by atoms with Crippen LogP contribution in [0.3, 0.4) is 0 Å². The molecule has 0 radical (unpaired) electrons. The summed E-state index contributed by atoms with van der Waals surface area (Å²) in [4.78, 5) is 8.44. The van der Waals surface area contributed by atoms with Crippen molar-refractivity contribution in [2.45, 2.75) is 13.3 Å². The molecule has 6 heteroatoms. The second kappa shape index (κ2) is 5.48. The van der Waals surface area contributed by atoms with Gasteiger partial charge in [-0.3, -0.25) is 4.55 Å². The van der Waals surface area contributed by atoms with Gasteiger partial charge in [-0.1, -0.05) is 6.92 Å². The highest BCUT2D eigenvalue weighted by molar-refractivity contribution is 7.85. The van der Waals surface area contributed by atoms with Crippen molar-refractivity contribution in [2.75, 3.05) is 19.0 Å². The lowest BCUT2D eigenvalue weighted by Gasteiger charge is -2.08. The molecule has 0 bridgehead atoms. The second-order valence-corrected chi connectivity index (χ2v) is 3.50. The van der Waals surface area contributed by atoms with E-state index in [0.717, 1.165) is 13.2 Å². The molecule has 0 aromatic heterocycles. The average molecular weight is 184 g/mol. The predicted molar refractivity (Wildman–Crippen MR) is 38.6 cm³/mol. The van der Waals surface area contributed by atoms with E-state index >= 15 is 0 Å².